The summed E-state index contributed by atoms with van der Waals surface area (Å²) in [5, 5.41) is 19.7. The van der Waals surface area contributed by atoms with Crippen molar-refractivity contribution in [2.24, 2.45) is 0 Å². The third-order valence-electron chi connectivity index (χ3n) is 3.94. The highest BCUT2D eigenvalue weighted by molar-refractivity contribution is 5.59. The molecule has 1 heterocycles. The summed E-state index contributed by atoms with van der Waals surface area (Å²) in [5.41, 5.74) is 2.72. The number of fused-ring (bicyclic) bond motifs is 1. The van der Waals surface area contributed by atoms with Crippen molar-refractivity contribution in [1.82, 2.24) is 0 Å². The molecule has 0 spiro atoms. The van der Waals surface area contributed by atoms with Gasteiger partial charge in [0, 0.05) is 23.6 Å². The molecule has 1 unspecified atom stereocenters. The fourth-order valence-corrected chi connectivity index (χ4v) is 2.81. The lowest BCUT2D eigenvalue weighted by molar-refractivity contribution is 0.130. The van der Waals surface area contributed by atoms with Gasteiger partial charge in [0.25, 0.3) is 0 Å². The lowest BCUT2D eigenvalue weighted by atomic mass is 9.99. The largest absolute Gasteiger partial charge is 0.508 e. The molecule has 0 bridgehead atoms. The Morgan fingerprint density at radius 1 is 1.30 bits per heavy atom. The van der Waals surface area contributed by atoms with Gasteiger partial charge in [0.2, 0.25) is 0 Å². The van der Waals surface area contributed by atoms with Gasteiger partial charge in [-0.1, -0.05) is 36.4 Å². The summed E-state index contributed by atoms with van der Waals surface area (Å²) in [5.74, 6) is 1.30. The van der Waals surface area contributed by atoms with Crippen LogP contribution < -0.4 is 9.47 Å². The second-order valence-corrected chi connectivity index (χ2v) is 5.57. The van der Waals surface area contributed by atoms with E-state index in [0.29, 0.717) is 30.9 Å². The van der Waals surface area contributed by atoms with Crippen molar-refractivity contribution in [3.05, 3.63) is 65.7 Å². The van der Waals surface area contributed by atoms with Crippen molar-refractivity contribution in [2.45, 2.75) is 25.6 Å². The van der Waals surface area contributed by atoms with Crippen molar-refractivity contribution >= 4 is 0 Å². The molecule has 0 fully saturated rings. The fraction of sp³-hybridized carbons (Fsp3) is 0.263. The molecule has 1 aliphatic heterocycles. The molecular formula is C19H20O4. The van der Waals surface area contributed by atoms with Gasteiger partial charge in [-0.15, -0.1) is 6.58 Å². The van der Waals surface area contributed by atoms with Crippen molar-refractivity contribution in [3.63, 3.8) is 0 Å². The molecule has 0 amide bonds. The third kappa shape index (κ3) is 3.17. The Balaban J connectivity index is 1.90. The molecule has 2 aromatic carbocycles. The normalized spacial score (nSPS) is 15.8. The number of phenols is 1. The molecule has 120 valence electrons. The quantitative estimate of drug-likeness (QED) is 0.805. The van der Waals surface area contributed by atoms with Gasteiger partial charge in [-0.25, -0.2) is 0 Å². The first-order chi connectivity index (χ1) is 11.2. The minimum absolute atomic E-state index is 0.0684. The zero-order chi connectivity index (χ0) is 16.2. The van der Waals surface area contributed by atoms with Crippen LogP contribution in [0.25, 0.3) is 0 Å². The zero-order valence-corrected chi connectivity index (χ0v) is 12.9. The Labute approximate surface area is 135 Å². The summed E-state index contributed by atoms with van der Waals surface area (Å²) >= 11 is 0. The summed E-state index contributed by atoms with van der Waals surface area (Å²) in [6, 6.07) is 11.4. The summed E-state index contributed by atoms with van der Waals surface area (Å²) in [6.07, 6.45) is 2.56. The van der Waals surface area contributed by atoms with Gasteiger partial charge in [0.1, 0.15) is 18.5 Å². The number of phenolic OH excluding ortho intramolecular Hbond substituents is 1. The van der Waals surface area contributed by atoms with E-state index in [1.165, 1.54) is 0 Å². The van der Waals surface area contributed by atoms with Crippen molar-refractivity contribution in [3.8, 4) is 17.2 Å². The summed E-state index contributed by atoms with van der Waals surface area (Å²) < 4.78 is 11.6. The van der Waals surface area contributed by atoms with Gasteiger partial charge in [-0.3, -0.25) is 0 Å². The number of hydrogen-bond acceptors (Lipinski definition) is 4. The van der Waals surface area contributed by atoms with E-state index in [1.54, 1.807) is 12.1 Å². The number of aromatic hydroxyl groups is 1. The topological polar surface area (TPSA) is 58.9 Å². The van der Waals surface area contributed by atoms with Crippen LogP contribution in [-0.2, 0) is 19.4 Å². The molecule has 1 atom stereocenters. The Bertz CT molecular complexity index is 694. The van der Waals surface area contributed by atoms with Crippen LogP contribution in [0.1, 0.15) is 16.7 Å². The zero-order valence-electron chi connectivity index (χ0n) is 12.9. The number of hydrogen-bond donors (Lipinski definition) is 2. The van der Waals surface area contributed by atoms with Crippen LogP contribution >= 0.6 is 0 Å². The monoisotopic (exact) mass is 312 g/mol. The van der Waals surface area contributed by atoms with E-state index in [2.05, 4.69) is 6.58 Å². The Kier molecular flexibility index (Phi) is 4.53. The van der Waals surface area contributed by atoms with E-state index >= 15 is 0 Å². The molecule has 3 rings (SSSR count). The smallest absolute Gasteiger partial charge is 0.165 e. The highest BCUT2D eigenvalue weighted by atomic mass is 16.5. The van der Waals surface area contributed by atoms with E-state index < -0.39 is 0 Å². The third-order valence-corrected chi connectivity index (χ3v) is 3.94. The second kappa shape index (κ2) is 6.75. The maximum absolute atomic E-state index is 10.3. The predicted molar refractivity (Wildman–Crippen MR) is 88.0 cm³/mol. The molecule has 2 aromatic rings. The molecule has 0 saturated carbocycles. The molecule has 0 aliphatic carbocycles. The van der Waals surface area contributed by atoms with Crippen LogP contribution in [0.15, 0.2) is 49.1 Å². The second-order valence-electron chi connectivity index (χ2n) is 5.57. The Hall–Kier alpha value is -2.46. The van der Waals surface area contributed by atoms with Crippen LogP contribution in [-0.4, -0.2) is 22.9 Å². The van der Waals surface area contributed by atoms with E-state index in [4.69, 9.17) is 9.47 Å². The first kappa shape index (κ1) is 15.4. The lowest BCUT2D eigenvalue weighted by Crippen LogP contribution is -2.17. The average Bonchev–Trinajstić information content (AvgIpc) is 3.01. The molecule has 1 aliphatic rings. The average molecular weight is 312 g/mol. The minimum Gasteiger partial charge on any atom is -0.508 e. The molecule has 2 N–H and O–H groups in total. The van der Waals surface area contributed by atoms with Crippen LogP contribution in [0.5, 0.6) is 17.2 Å². The van der Waals surface area contributed by atoms with Gasteiger partial charge < -0.3 is 19.7 Å². The molecule has 4 heteroatoms. The van der Waals surface area contributed by atoms with Crippen molar-refractivity contribution in [1.29, 1.82) is 0 Å². The van der Waals surface area contributed by atoms with Crippen molar-refractivity contribution < 1.29 is 19.7 Å². The fourth-order valence-electron chi connectivity index (χ4n) is 2.81. The maximum Gasteiger partial charge on any atom is 0.165 e. The number of ether oxygens (including phenoxy) is 2. The molecule has 0 aromatic heterocycles. The van der Waals surface area contributed by atoms with Crippen LogP contribution in [0, 0.1) is 0 Å². The van der Waals surface area contributed by atoms with E-state index in [9.17, 15) is 10.2 Å². The maximum atomic E-state index is 10.3. The SMILES string of the molecule is C=CCc1c(O)cc(OCc2ccccc2)c2c1CC(CO)O2. The molecular weight excluding hydrogens is 292 g/mol. The van der Waals surface area contributed by atoms with Crippen molar-refractivity contribution in [2.75, 3.05) is 6.61 Å². The minimum atomic E-state index is -0.297. The summed E-state index contributed by atoms with van der Waals surface area (Å²) in [7, 11) is 0. The van der Waals surface area contributed by atoms with Gasteiger partial charge >= 0.3 is 0 Å². The summed E-state index contributed by atoms with van der Waals surface area (Å²) in [4.78, 5) is 0. The van der Waals surface area contributed by atoms with E-state index in [0.717, 1.165) is 16.7 Å². The highest BCUT2D eigenvalue weighted by Gasteiger charge is 2.30. The number of rotatable bonds is 6. The van der Waals surface area contributed by atoms with Crippen LogP contribution in [0.2, 0.25) is 0 Å². The number of aliphatic hydroxyl groups excluding tert-OH is 1. The molecule has 0 saturated heterocycles. The van der Waals surface area contributed by atoms with E-state index in [1.807, 2.05) is 30.3 Å². The molecule has 23 heavy (non-hydrogen) atoms. The summed E-state index contributed by atoms with van der Waals surface area (Å²) in [6.45, 7) is 4.05. The molecule has 4 nitrogen and oxygen atoms in total. The van der Waals surface area contributed by atoms with Gasteiger partial charge in [0.05, 0.1) is 6.61 Å². The van der Waals surface area contributed by atoms with Crippen LogP contribution in [0.4, 0.5) is 0 Å². The highest BCUT2D eigenvalue weighted by Crippen LogP contribution is 2.44. The van der Waals surface area contributed by atoms with Gasteiger partial charge in [-0.05, 0) is 12.0 Å². The molecule has 0 radical (unpaired) electrons. The number of allylic oxidation sites excluding steroid dienone is 1. The first-order valence-corrected chi connectivity index (χ1v) is 7.65. The lowest BCUT2D eigenvalue weighted by Gasteiger charge is -2.14. The predicted octanol–water partition coefficient (Wildman–Crippen LogP) is 3.00. The van der Waals surface area contributed by atoms with Crippen LogP contribution in [0.3, 0.4) is 0 Å². The van der Waals surface area contributed by atoms with Gasteiger partial charge in [0.15, 0.2) is 11.5 Å². The standard InChI is InChI=1S/C19H20O4/c1-2-6-15-16-9-14(11-20)23-19(16)18(10-17(15)21)22-12-13-7-4-3-5-8-13/h2-5,7-8,10,14,20-21H,1,6,9,11-12H2. The Morgan fingerprint density at radius 3 is 2.78 bits per heavy atom. The number of benzene rings is 2. The Morgan fingerprint density at radius 2 is 2.09 bits per heavy atom. The van der Waals surface area contributed by atoms with Gasteiger partial charge in [-0.2, -0.15) is 0 Å². The number of aliphatic hydroxyl groups is 1. The van der Waals surface area contributed by atoms with E-state index in [-0.39, 0.29) is 18.5 Å². The first-order valence-electron chi connectivity index (χ1n) is 7.65.